The van der Waals surface area contributed by atoms with Gasteiger partial charge in [0.05, 0.1) is 0 Å². The van der Waals surface area contributed by atoms with E-state index in [2.05, 4.69) is 48.4 Å². The average Bonchev–Trinajstić information content (AvgIpc) is 3.03. The van der Waals surface area contributed by atoms with Gasteiger partial charge in [-0.05, 0) is 41.7 Å². The number of H-pyrrole nitrogens is 1. The van der Waals surface area contributed by atoms with E-state index < -0.39 is 0 Å². The zero-order chi connectivity index (χ0) is 17.6. The molecule has 2 N–H and O–H groups in total. The molecule has 3 aromatic rings. The first-order valence-electron chi connectivity index (χ1n) is 8.75. The summed E-state index contributed by atoms with van der Waals surface area (Å²) in [6, 6.07) is 15.9. The fourth-order valence-electron chi connectivity index (χ4n) is 2.80. The van der Waals surface area contributed by atoms with Crippen LogP contribution in [0.1, 0.15) is 35.3 Å². The number of amides is 1. The number of fused-ring (bicyclic) bond motifs is 1. The number of benzene rings is 2. The van der Waals surface area contributed by atoms with Crippen LogP contribution in [0.4, 0.5) is 0 Å². The van der Waals surface area contributed by atoms with Crippen LogP contribution in [0, 0.1) is 5.92 Å². The van der Waals surface area contributed by atoms with E-state index in [1.165, 1.54) is 10.9 Å². The van der Waals surface area contributed by atoms with Gasteiger partial charge in [-0.15, -0.1) is 0 Å². The van der Waals surface area contributed by atoms with Crippen molar-refractivity contribution < 1.29 is 4.79 Å². The molecule has 2 aromatic carbocycles. The van der Waals surface area contributed by atoms with Crippen molar-refractivity contribution in [3.63, 3.8) is 0 Å². The van der Waals surface area contributed by atoms with Crippen molar-refractivity contribution in [2.75, 3.05) is 6.54 Å². The molecule has 3 heteroatoms. The normalized spacial score (nSPS) is 11.5. The summed E-state index contributed by atoms with van der Waals surface area (Å²) in [4.78, 5) is 15.5. The molecule has 0 aliphatic heterocycles. The summed E-state index contributed by atoms with van der Waals surface area (Å²) in [5.41, 5.74) is 4.17. The molecule has 0 bridgehead atoms. The van der Waals surface area contributed by atoms with Crippen LogP contribution in [0.2, 0.25) is 0 Å². The lowest BCUT2D eigenvalue weighted by molar-refractivity contribution is 0.0954. The molecule has 3 nitrogen and oxygen atoms in total. The monoisotopic (exact) mass is 332 g/mol. The highest BCUT2D eigenvalue weighted by atomic mass is 16.1. The predicted molar refractivity (Wildman–Crippen MR) is 105 cm³/mol. The van der Waals surface area contributed by atoms with E-state index in [4.69, 9.17) is 0 Å². The Kier molecular flexibility index (Phi) is 5.34. The molecule has 0 unspecified atom stereocenters. The minimum Gasteiger partial charge on any atom is -0.361 e. The molecule has 0 saturated heterocycles. The van der Waals surface area contributed by atoms with Crippen LogP contribution < -0.4 is 5.32 Å². The Balaban J connectivity index is 1.55. The van der Waals surface area contributed by atoms with Crippen molar-refractivity contribution in [2.24, 2.45) is 5.92 Å². The van der Waals surface area contributed by atoms with Gasteiger partial charge in [-0.2, -0.15) is 0 Å². The van der Waals surface area contributed by atoms with Gasteiger partial charge >= 0.3 is 0 Å². The molecular formula is C22H24N2O. The van der Waals surface area contributed by atoms with Crippen LogP contribution >= 0.6 is 0 Å². The number of allylic oxidation sites excluding steroid dienone is 1. The van der Waals surface area contributed by atoms with Crippen molar-refractivity contribution in [3.8, 4) is 0 Å². The lowest BCUT2D eigenvalue weighted by Gasteiger charge is -2.05. The second-order valence-corrected chi connectivity index (χ2v) is 6.59. The number of carbonyl (C=O) groups excluding carboxylic acids is 1. The molecule has 0 spiro atoms. The average molecular weight is 332 g/mol. The first-order valence-corrected chi connectivity index (χ1v) is 8.75. The standard InChI is InChI=1S/C22H24N2O/c1-16(2)7-8-17-9-11-18(12-10-17)22(25)23-14-13-19-15-24-21-6-4-3-5-20(19)21/h3-12,15-16,24H,13-14H2,1-2H3,(H,23,25)/b8-7+. The molecule has 1 amide bonds. The van der Waals surface area contributed by atoms with Gasteiger partial charge in [-0.25, -0.2) is 0 Å². The van der Waals surface area contributed by atoms with E-state index in [0.29, 0.717) is 18.0 Å². The van der Waals surface area contributed by atoms with Gasteiger partial charge in [-0.3, -0.25) is 4.79 Å². The Morgan fingerprint density at radius 3 is 2.64 bits per heavy atom. The minimum absolute atomic E-state index is 0.0285. The summed E-state index contributed by atoms with van der Waals surface area (Å²) in [6.07, 6.45) is 7.07. The molecule has 0 fully saturated rings. The maximum Gasteiger partial charge on any atom is 0.251 e. The molecule has 1 aromatic heterocycles. The van der Waals surface area contributed by atoms with Gasteiger partial charge in [0.2, 0.25) is 0 Å². The molecule has 0 saturated carbocycles. The number of hydrogen-bond donors (Lipinski definition) is 2. The number of rotatable bonds is 6. The SMILES string of the molecule is CC(C)/C=C/c1ccc(C(=O)NCCc2c[nH]c3ccccc23)cc1. The molecule has 25 heavy (non-hydrogen) atoms. The highest BCUT2D eigenvalue weighted by molar-refractivity contribution is 5.94. The zero-order valence-electron chi connectivity index (χ0n) is 14.8. The third-order valence-electron chi connectivity index (χ3n) is 4.20. The van der Waals surface area contributed by atoms with E-state index in [0.717, 1.165) is 17.5 Å². The van der Waals surface area contributed by atoms with Crippen LogP contribution in [0.5, 0.6) is 0 Å². The molecule has 1 heterocycles. The Hall–Kier alpha value is -2.81. The van der Waals surface area contributed by atoms with E-state index in [1.54, 1.807) is 0 Å². The third kappa shape index (κ3) is 4.38. The second kappa shape index (κ2) is 7.84. The van der Waals surface area contributed by atoms with Gasteiger partial charge in [0.25, 0.3) is 5.91 Å². The number of aromatic nitrogens is 1. The number of hydrogen-bond acceptors (Lipinski definition) is 1. The highest BCUT2D eigenvalue weighted by Gasteiger charge is 2.06. The Labute approximate surface area is 148 Å². The number of aromatic amines is 1. The van der Waals surface area contributed by atoms with Crippen LogP contribution in [0.15, 0.2) is 60.8 Å². The fourth-order valence-corrected chi connectivity index (χ4v) is 2.80. The molecule has 3 rings (SSSR count). The lowest BCUT2D eigenvalue weighted by Crippen LogP contribution is -2.25. The summed E-state index contributed by atoms with van der Waals surface area (Å²) in [5.74, 6) is 0.492. The van der Waals surface area contributed by atoms with Crippen molar-refractivity contribution in [2.45, 2.75) is 20.3 Å². The van der Waals surface area contributed by atoms with Crippen molar-refractivity contribution in [1.82, 2.24) is 10.3 Å². The molecule has 128 valence electrons. The summed E-state index contributed by atoms with van der Waals surface area (Å²) < 4.78 is 0. The molecule has 0 radical (unpaired) electrons. The third-order valence-corrected chi connectivity index (χ3v) is 4.20. The van der Waals surface area contributed by atoms with E-state index in [-0.39, 0.29) is 5.91 Å². The van der Waals surface area contributed by atoms with Crippen molar-refractivity contribution in [1.29, 1.82) is 0 Å². The molecule has 0 aliphatic rings. The van der Waals surface area contributed by atoms with E-state index >= 15 is 0 Å². The fraction of sp³-hybridized carbons (Fsp3) is 0.227. The molecular weight excluding hydrogens is 308 g/mol. The van der Waals surface area contributed by atoms with Crippen molar-refractivity contribution in [3.05, 3.63) is 77.5 Å². The molecule has 0 aliphatic carbocycles. The second-order valence-electron chi connectivity index (χ2n) is 6.59. The first-order chi connectivity index (χ1) is 12.1. The Morgan fingerprint density at radius 2 is 1.88 bits per heavy atom. The number of para-hydroxylation sites is 1. The summed E-state index contributed by atoms with van der Waals surface area (Å²) in [7, 11) is 0. The van der Waals surface area contributed by atoms with Gasteiger partial charge < -0.3 is 10.3 Å². The maximum absolute atomic E-state index is 12.3. The minimum atomic E-state index is -0.0285. The van der Waals surface area contributed by atoms with E-state index in [1.807, 2.05) is 42.6 Å². The summed E-state index contributed by atoms with van der Waals surface area (Å²) >= 11 is 0. The maximum atomic E-state index is 12.3. The topological polar surface area (TPSA) is 44.9 Å². The van der Waals surface area contributed by atoms with Crippen LogP contribution in [-0.4, -0.2) is 17.4 Å². The van der Waals surface area contributed by atoms with Gasteiger partial charge in [0.15, 0.2) is 0 Å². The van der Waals surface area contributed by atoms with Gasteiger partial charge in [0.1, 0.15) is 0 Å². The van der Waals surface area contributed by atoms with E-state index in [9.17, 15) is 4.79 Å². The summed E-state index contributed by atoms with van der Waals surface area (Å²) in [5, 5.41) is 4.22. The van der Waals surface area contributed by atoms with Crippen LogP contribution in [0.25, 0.3) is 17.0 Å². The number of carbonyl (C=O) groups is 1. The summed E-state index contributed by atoms with van der Waals surface area (Å²) in [6.45, 7) is 4.91. The van der Waals surface area contributed by atoms with Crippen LogP contribution in [0.3, 0.4) is 0 Å². The van der Waals surface area contributed by atoms with Crippen LogP contribution in [-0.2, 0) is 6.42 Å². The Morgan fingerprint density at radius 1 is 1.12 bits per heavy atom. The highest BCUT2D eigenvalue weighted by Crippen LogP contribution is 2.17. The first kappa shape index (κ1) is 17.0. The van der Waals surface area contributed by atoms with Crippen molar-refractivity contribution >= 4 is 22.9 Å². The zero-order valence-corrected chi connectivity index (χ0v) is 14.8. The van der Waals surface area contributed by atoms with Gasteiger partial charge in [-0.1, -0.05) is 56.3 Å². The smallest absolute Gasteiger partial charge is 0.251 e. The number of nitrogens with one attached hydrogen (secondary N) is 2. The van der Waals surface area contributed by atoms with Gasteiger partial charge in [0, 0.05) is 29.2 Å². The quantitative estimate of drug-likeness (QED) is 0.668. The largest absolute Gasteiger partial charge is 0.361 e. The molecule has 0 atom stereocenters. The lowest BCUT2D eigenvalue weighted by atomic mass is 10.1. The predicted octanol–water partition coefficient (Wildman–Crippen LogP) is 4.81. The Bertz CT molecular complexity index is 872.